The third-order valence-electron chi connectivity index (χ3n) is 3.49. The normalized spacial score (nSPS) is 24.3. The Labute approximate surface area is 104 Å². The highest BCUT2D eigenvalue weighted by molar-refractivity contribution is 5.76. The largest absolute Gasteiger partial charge is 0.417 e. The molecule has 1 aliphatic carbocycles. The minimum Gasteiger partial charge on any atom is -0.408 e. The van der Waals surface area contributed by atoms with E-state index in [-0.39, 0.29) is 6.10 Å². The van der Waals surface area contributed by atoms with Gasteiger partial charge >= 0.3 is 5.76 Å². The molecule has 0 saturated heterocycles. The van der Waals surface area contributed by atoms with Gasteiger partial charge in [0.25, 0.3) is 0 Å². The number of oxazole rings is 1. The van der Waals surface area contributed by atoms with Crippen molar-refractivity contribution < 1.29 is 9.52 Å². The lowest BCUT2D eigenvalue weighted by Crippen LogP contribution is -2.28. The second kappa shape index (κ2) is 4.49. The molecule has 3 N–H and O–H groups in total. The summed E-state index contributed by atoms with van der Waals surface area (Å²) in [6.45, 7) is 0. The summed E-state index contributed by atoms with van der Waals surface area (Å²) in [5.74, 6) is -0.428. The van der Waals surface area contributed by atoms with E-state index in [0.29, 0.717) is 17.1 Å². The van der Waals surface area contributed by atoms with E-state index in [1.165, 1.54) is 0 Å². The average molecular weight is 248 g/mol. The fraction of sp³-hybridized carbons (Fsp3) is 0.462. The van der Waals surface area contributed by atoms with Gasteiger partial charge < -0.3 is 14.8 Å². The lowest BCUT2D eigenvalue weighted by molar-refractivity contribution is 0.126. The minimum absolute atomic E-state index is 0.143. The van der Waals surface area contributed by atoms with Gasteiger partial charge in [-0.15, -0.1) is 0 Å². The predicted octanol–water partition coefficient (Wildman–Crippen LogP) is 1.84. The SMILES string of the molecule is O=c1[nH]c2cc(NC3CCC(O)CC3)ccc2o1. The average Bonchev–Trinajstić information content (AvgIpc) is 2.71. The number of fused-ring (bicyclic) bond motifs is 1. The minimum atomic E-state index is -0.428. The monoisotopic (exact) mass is 248 g/mol. The van der Waals surface area contributed by atoms with E-state index < -0.39 is 5.76 Å². The van der Waals surface area contributed by atoms with Gasteiger partial charge in [-0.05, 0) is 43.9 Å². The van der Waals surface area contributed by atoms with E-state index in [1.807, 2.05) is 12.1 Å². The highest BCUT2D eigenvalue weighted by Gasteiger charge is 2.19. The van der Waals surface area contributed by atoms with Crippen molar-refractivity contribution in [3.05, 3.63) is 28.7 Å². The fourth-order valence-electron chi connectivity index (χ4n) is 2.50. The molecule has 5 nitrogen and oxygen atoms in total. The smallest absolute Gasteiger partial charge is 0.408 e. The molecule has 1 aromatic heterocycles. The zero-order valence-electron chi connectivity index (χ0n) is 9.98. The Morgan fingerprint density at radius 3 is 2.83 bits per heavy atom. The number of aromatic amines is 1. The van der Waals surface area contributed by atoms with E-state index in [4.69, 9.17) is 4.42 Å². The molecule has 5 heteroatoms. The number of aromatic nitrogens is 1. The summed E-state index contributed by atoms with van der Waals surface area (Å²) in [6, 6.07) is 5.97. The summed E-state index contributed by atoms with van der Waals surface area (Å²) in [6.07, 6.45) is 3.50. The fourth-order valence-corrected chi connectivity index (χ4v) is 2.50. The Morgan fingerprint density at radius 2 is 2.06 bits per heavy atom. The number of nitrogens with one attached hydrogen (secondary N) is 2. The van der Waals surface area contributed by atoms with Gasteiger partial charge in [-0.3, -0.25) is 4.98 Å². The van der Waals surface area contributed by atoms with Crippen LogP contribution in [0.1, 0.15) is 25.7 Å². The molecular weight excluding hydrogens is 232 g/mol. The second-order valence-electron chi connectivity index (χ2n) is 4.88. The van der Waals surface area contributed by atoms with Gasteiger partial charge in [-0.1, -0.05) is 0 Å². The van der Waals surface area contributed by atoms with Crippen LogP contribution in [0.15, 0.2) is 27.4 Å². The maximum absolute atomic E-state index is 11.1. The number of benzene rings is 1. The van der Waals surface area contributed by atoms with Crippen LogP contribution in [0.4, 0.5) is 5.69 Å². The zero-order valence-corrected chi connectivity index (χ0v) is 9.98. The van der Waals surface area contributed by atoms with Gasteiger partial charge in [0.05, 0.1) is 11.6 Å². The Balaban J connectivity index is 1.76. The van der Waals surface area contributed by atoms with Crippen LogP contribution in [0.2, 0.25) is 0 Å². The van der Waals surface area contributed by atoms with E-state index in [9.17, 15) is 9.90 Å². The second-order valence-corrected chi connectivity index (χ2v) is 4.88. The molecule has 96 valence electrons. The van der Waals surface area contributed by atoms with Crippen molar-refractivity contribution in [2.24, 2.45) is 0 Å². The zero-order chi connectivity index (χ0) is 12.5. The number of hydrogen-bond donors (Lipinski definition) is 3. The van der Waals surface area contributed by atoms with Gasteiger partial charge in [0, 0.05) is 11.7 Å². The quantitative estimate of drug-likeness (QED) is 0.757. The van der Waals surface area contributed by atoms with E-state index >= 15 is 0 Å². The number of aliphatic hydroxyl groups is 1. The Bertz CT molecular complexity index is 594. The van der Waals surface area contributed by atoms with Crippen LogP contribution in [0.3, 0.4) is 0 Å². The summed E-state index contributed by atoms with van der Waals surface area (Å²) in [7, 11) is 0. The molecule has 0 unspecified atom stereocenters. The maximum Gasteiger partial charge on any atom is 0.417 e. The predicted molar refractivity (Wildman–Crippen MR) is 68.7 cm³/mol. The van der Waals surface area contributed by atoms with E-state index in [1.54, 1.807) is 6.07 Å². The highest BCUT2D eigenvalue weighted by Crippen LogP contribution is 2.23. The van der Waals surface area contributed by atoms with Crippen molar-refractivity contribution in [3.63, 3.8) is 0 Å². The first kappa shape index (κ1) is 11.3. The molecular formula is C13H16N2O3. The highest BCUT2D eigenvalue weighted by atomic mass is 16.4. The van der Waals surface area contributed by atoms with E-state index in [2.05, 4.69) is 10.3 Å². The van der Waals surface area contributed by atoms with Crippen LogP contribution in [-0.4, -0.2) is 22.2 Å². The molecule has 1 heterocycles. The summed E-state index contributed by atoms with van der Waals surface area (Å²) in [4.78, 5) is 13.7. The molecule has 1 aromatic carbocycles. The van der Waals surface area contributed by atoms with Crippen molar-refractivity contribution in [1.29, 1.82) is 0 Å². The Morgan fingerprint density at radius 1 is 1.28 bits per heavy atom. The molecule has 0 aliphatic heterocycles. The van der Waals surface area contributed by atoms with Crippen molar-refractivity contribution >= 4 is 16.8 Å². The summed E-state index contributed by atoms with van der Waals surface area (Å²) >= 11 is 0. The van der Waals surface area contributed by atoms with Gasteiger partial charge in [-0.25, -0.2) is 4.79 Å². The first-order valence-electron chi connectivity index (χ1n) is 6.28. The van der Waals surface area contributed by atoms with Gasteiger partial charge in [0.1, 0.15) is 0 Å². The van der Waals surface area contributed by atoms with Crippen LogP contribution in [0.5, 0.6) is 0 Å². The summed E-state index contributed by atoms with van der Waals surface area (Å²) < 4.78 is 4.95. The molecule has 0 atom stereocenters. The van der Waals surface area contributed by atoms with Gasteiger partial charge in [0.2, 0.25) is 0 Å². The van der Waals surface area contributed by atoms with Crippen molar-refractivity contribution in [1.82, 2.24) is 4.98 Å². The summed E-state index contributed by atoms with van der Waals surface area (Å²) in [5.41, 5.74) is 2.26. The maximum atomic E-state index is 11.1. The van der Waals surface area contributed by atoms with Crippen LogP contribution in [0.25, 0.3) is 11.1 Å². The van der Waals surface area contributed by atoms with Crippen LogP contribution in [0, 0.1) is 0 Å². The van der Waals surface area contributed by atoms with Crippen molar-refractivity contribution in [2.75, 3.05) is 5.32 Å². The number of rotatable bonds is 2. The summed E-state index contributed by atoms with van der Waals surface area (Å²) in [5, 5.41) is 12.9. The van der Waals surface area contributed by atoms with Crippen molar-refractivity contribution in [3.8, 4) is 0 Å². The third-order valence-corrected chi connectivity index (χ3v) is 3.49. The van der Waals surface area contributed by atoms with Crippen molar-refractivity contribution in [2.45, 2.75) is 37.8 Å². The number of H-pyrrole nitrogens is 1. The Kier molecular flexibility index (Phi) is 2.83. The Hall–Kier alpha value is -1.75. The lowest BCUT2D eigenvalue weighted by Gasteiger charge is -2.27. The molecule has 0 radical (unpaired) electrons. The third kappa shape index (κ3) is 2.26. The number of anilines is 1. The number of aliphatic hydroxyl groups excluding tert-OH is 1. The molecule has 1 fully saturated rings. The van der Waals surface area contributed by atoms with Crippen LogP contribution in [-0.2, 0) is 0 Å². The lowest BCUT2D eigenvalue weighted by atomic mass is 9.93. The molecule has 1 aliphatic rings. The number of hydrogen-bond acceptors (Lipinski definition) is 4. The molecule has 0 spiro atoms. The van der Waals surface area contributed by atoms with Crippen LogP contribution >= 0.6 is 0 Å². The first-order valence-corrected chi connectivity index (χ1v) is 6.28. The molecule has 1 saturated carbocycles. The molecule has 3 rings (SSSR count). The molecule has 0 bridgehead atoms. The van der Waals surface area contributed by atoms with Crippen LogP contribution < -0.4 is 11.1 Å². The van der Waals surface area contributed by atoms with E-state index in [0.717, 1.165) is 31.4 Å². The molecule has 18 heavy (non-hydrogen) atoms. The topological polar surface area (TPSA) is 78.3 Å². The van der Waals surface area contributed by atoms with Gasteiger partial charge in [-0.2, -0.15) is 0 Å². The standard InChI is InChI=1S/C13H16N2O3/c16-10-4-1-8(2-5-10)14-9-3-6-12-11(7-9)15-13(17)18-12/h3,6-8,10,14,16H,1-2,4-5H2,(H,15,17). The molecule has 2 aromatic rings. The molecule has 0 amide bonds. The van der Waals surface area contributed by atoms with Gasteiger partial charge in [0.15, 0.2) is 5.58 Å². The first-order chi connectivity index (χ1) is 8.70.